The van der Waals surface area contributed by atoms with Crippen molar-refractivity contribution < 1.29 is 17.9 Å². The summed E-state index contributed by atoms with van der Waals surface area (Å²) in [5.74, 6) is 0.695. The Morgan fingerprint density at radius 1 is 1.08 bits per heavy atom. The van der Waals surface area contributed by atoms with E-state index >= 15 is 0 Å². The van der Waals surface area contributed by atoms with Gasteiger partial charge in [-0.3, -0.25) is 4.79 Å². The molecule has 1 saturated heterocycles. The molecule has 140 valence electrons. The molecule has 0 aromatic heterocycles. The zero-order valence-electron chi connectivity index (χ0n) is 15.6. The average molecular weight is 369 g/mol. The molecule has 0 saturated carbocycles. The molecule has 1 aliphatic heterocycles. The highest BCUT2D eigenvalue weighted by Gasteiger charge is 2.29. The number of nitrogens with zero attached hydrogens (tertiary/aromatic N) is 3. The smallest absolute Gasteiger partial charge is 0.281 e. The molecule has 1 fully saturated rings. The van der Waals surface area contributed by atoms with Gasteiger partial charge in [0.15, 0.2) is 0 Å². The van der Waals surface area contributed by atoms with E-state index in [0.717, 1.165) is 16.9 Å². The van der Waals surface area contributed by atoms with Crippen molar-refractivity contribution in [1.29, 1.82) is 0 Å². The second-order valence-electron chi connectivity index (χ2n) is 6.47. The van der Waals surface area contributed by atoms with Crippen LogP contribution in [-0.4, -0.2) is 75.2 Å². The van der Waals surface area contributed by atoms with Gasteiger partial charge in [-0.05, 0) is 43.5 Å². The molecule has 0 spiro atoms. The fourth-order valence-electron chi connectivity index (χ4n) is 2.97. The summed E-state index contributed by atoms with van der Waals surface area (Å²) in [7, 11) is 1.20. The minimum Gasteiger partial charge on any atom is -0.496 e. The summed E-state index contributed by atoms with van der Waals surface area (Å²) in [4.78, 5) is 14.7. The summed E-state index contributed by atoms with van der Waals surface area (Å²) in [6, 6.07) is 3.71. The van der Waals surface area contributed by atoms with Gasteiger partial charge in [0.1, 0.15) is 5.75 Å². The van der Waals surface area contributed by atoms with Crippen LogP contribution in [0.15, 0.2) is 12.1 Å². The van der Waals surface area contributed by atoms with Crippen molar-refractivity contribution in [3.05, 3.63) is 28.8 Å². The molecule has 1 aromatic carbocycles. The third-order valence-electron chi connectivity index (χ3n) is 4.50. The summed E-state index contributed by atoms with van der Waals surface area (Å²) >= 11 is 0. The van der Waals surface area contributed by atoms with Gasteiger partial charge >= 0.3 is 0 Å². The van der Waals surface area contributed by atoms with Gasteiger partial charge in [-0.25, -0.2) is 0 Å². The number of hydrogen-bond acceptors (Lipinski definition) is 4. The Labute approximate surface area is 150 Å². The lowest BCUT2D eigenvalue weighted by molar-refractivity contribution is 0.0763. The van der Waals surface area contributed by atoms with Crippen molar-refractivity contribution in [3.63, 3.8) is 0 Å². The number of rotatable bonds is 4. The molecule has 0 atom stereocenters. The first kappa shape index (κ1) is 19.7. The van der Waals surface area contributed by atoms with E-state index < -0.39 is 10.2 Å². The first-order valence-electron chi connectivity index (χ1n) is 8.30. The predicted molar refractivity (Wildman–Crippen MR) is 97.2 cm³/mol. The van der Waals surface area contributed by atoms with Gasteiger partial charge in [0.05, 0.1) is 7.11 Å². The van der Waals surface area contributed by atoms with Crippen molar-refractivity contribution in [2.45, 2.75) is 20.3 Å². The van der Waals surface area contributed by atoms with Gasteiger partial charge in [-0.15, -0.1) is 0 Å². The van der Waals surface area contributed by atoms with Crippen molar-refractivity contribution >= 4 is 16.1 Å². The quantitative estimate of drug-likeness (QED) is 0.801. The van der Waals surface area contributed by atoms with E-state index in [1.165, 1.54) is 22.7 Å². The molecule has 1 aliphatic rings. The third-order valence-corrected chi connectivity index (χ3v) is 6.44. The van der Waals surface area contributed by atoms with Crippen molar-refractivity contribution in [3.8, 4) is 5.75 Å². The summed E-state index contributed by atoms with van der Waals surface area (Å²) in [5.41, 5.74) is 2.40. The molecular weight excluding hydrogens is 342 g/mol. The zero-order chi connectivity index (χ0) is 18.8. The summed E-state index contributed by atoms with van der Waals surface area (Å²) in [6.45, 7) is 5.45. The largest absolute Gasteiger partial charge is 0.496 e. The predicted octanol–water partition coefficient (Wildman–Crippen LogP) is 1.27. The lowest BCUT2D eigenvalue weighted by Crippen LogP contribution is -2.42. The van der Waals surface area contributed by atoms with Crippen LogP contribution in [0.1, 0.15) is 27.9 Å². The normalized spacial score (nSPS) is 16.8. The number of aryl methyl sites for hydroxylation is 2. The maximum atomic E-state index is 12.9. The van der Waals surface area contributed by atoms with Crippen molar-refractivity contribution in [2.24, 2.45) is 0 Å². The summed E-state index contributed by atoms with van der Waals surface area (Å²) in [5, 5.41) is 0. The van der Waals surface area contributed by atoms with Crippen LogP contribution in [0.3, 0.4) is 0 Å². The minimum atomic E-state index is -3.45. The van der Waals surface area contributed by atoms with Gasteiger partial charge in [0, 0.05) is 45.8 Å². The molecule has 1 heterocycles. The first-order chi connectivity index (χ1) is 11.7. The van der Waals surface area contributed by atoms with Crippen LogP contribution < -0.4 is 4.74 Å². The Bertz CT molecular complexity index is 747. The second-order valence-corrected chi connectivity index (χ2v) is 8.61. The fourth-order valence-corrected chi connectivity index (χ4v) is 4.10. The maximum absolute atomic E-state index is 12.9. The zero-order valence-corrected chi connectivity index (χ0v) is 16.4. The van der Waals surface area contributed by atoms with Gasteiger partial charge in [0.25, 0.3) is 16.1 Å². The SMILES string of the molecule is COc1cc(C)c(C(=O)N2CCCN(S(=O)(=O)N(C)C)CC2)cc1C. The van der Waals surface area contributed by atoms with Gasteiger partial charge < -0.3 is 9.64 Å². The number of methoxy groups -OCH3 is 1. The fraction of sp³-hybridized carbons (Fsp3) is 0.588. The van der Waals surface area contributed by atoms with E-state index in [9.17, 15) is 13.2 Å². The van der Waals surface area contributed by atoms with E-state index in [4.69, 9.17) is 4.74 Å². The standard InChI is InChI=1S/C17H27N3O4S/c1-13-12-16(24-5)14(2)11-15(13)17(21)19-7-6-8-20(10-9-19)25(22,23)18(3)4/h11-12H,6-10H2,1-5H3. The van der Waals surface area contributed by atoms with Crippen LogP contribution in [0.4, 0.5) is 0 Å². The Hall–Kier alpha value is -1.64. The Morgan fingerprint density at radius 2 is 1.76 bits per heavy atom. The van der Waals surface area contributed by atoms with Gasteiger partial charge in [0.2, 0.25) is 0 Å². The summed E-state index contributed by atoms with van der Waals surface area (Å²) < 4.78 is 32.5. The molecule has 7 nitrogen and oxygen atoms in total. The molecule has 0 radical (unpaired) electrons. The lowest BCUT2D eigenvalue weighted by atomic mass is 10.0. The van der Waals surface area contributed by atoms with E-state index in [1.54, 1.807) is 12.0 Å². The molecule has 0 unspecified atom stereocenters. The van der Waals surface area contributed by atoms with Crippen LogP contribution in [0, 0.1) is 13.8 Å². The third kappa shape index (κ3) is 4.13. The molecule has 0 aliphatic carbocycles. The van der Waals surface area contributed by atoms with E-state index in [1.807, 2.05) is 26.0 Å². The Morgan fingerprint density at radius 3 is 2.36 bits per heavy atom. The highest BCUT2D eigenvalue weighted by molar-refractivity contribution is 7.86. The topological polar surface area (TPSA) is 70.2 Å². The van der Waals surface area contributed by atoms with E-state index in [0.29, 0.717) is 38.2 Å². The van der Waals surface area contributed by atoms with Gasteiger partial charge in [-0.1, -0.05) is 0 Å². The molecular formula is C17H27N3O4S. The average Bonchev–Trinajstić information content (AvgIpc) is 2.82. The van der Waals surface area contributed by atoms with Crippen molar-refractivity contribution in [2.75, 3.05) is 47.4 Å². The highest BCUT2D eigenvalue weighted by atomic mass is 32.2. The van der Waals surface area contributed by atoms with Crippen LogP contribution >= 0.6 is 0 Å². The second kappa shape index (κ2) is 7.72. The molecule has 25 heavy (non-hydrogen) atoms. The van der Waals surface area contributed by atoms with E-state index in [2.05, 4.69) is 0 Å². The van der Waals surface area contributed by atoms with Crippen LogP contribution in [0.25, 0.3) is 0 Å². The monoisotopic (exact) mass is 369 g/mol. The Balaban J connectivity index is 2.18. The molecule has 1 aromatic rings. The molecule has 1 amide bonds. The van der Waals surface area contributed by atoms with Crippen LogP contribution in [-0.2, 0) is 10.2 Å². The summed E-state index contributed by atoms with van der Waals surface area (Å²) in [6.07, 6.45) is 0.618. The maximum Gasteiger partial charge on any atom is 0.281 e. The Kier molecular flexibility index (Phi) is 6.08. The minimum absolute atomic E-state index is 0.0626. The number of hydrogen-bond donors (Lipinski definition) is 0. The number of carbonyl (C=O) groups excluding carboxylic acids is 1. The molecule has 2 rings (SSSR count). The van der Waals surface area contributed by atoms with Crippen LogP contribution in [0.2, 0.25) is 0 Å². The molecule has 8 heteroatoms. The van der Waals surface area contributed by atoms with Gasteiger partial charge in [-0.2, -0.15) is 17.0 Å². The van der Waals surface area contributed by atoms with Crippen molar-refractivity contribution in [1.82, 2.24) is 13.5 Å². The molecule has 0 bridgehead atoms. The number of carbonyl (C=O) groups is 1. The lowest BCUT2D eigenvalue weighted by Gasteiger charge is -2.24. The first-order valence-corrected chi connectivity index (χ1v) is 9.70. The molecule has 0 N–H and O–H groups in total. The number of amides is 1. The van der Waals surface area contributed by atoms with Crippen LogP contribution in [0.5, 0.6) is 5.75 Å². The highest BCUT2D eigenvalue weighted by Crippen LogP contribution is 2.24. The number of ether oxygens (including phenoxy) is 1. The number of benzene rings is 1. The van der Waals surface area contributed by atoms with E-state index in [-0.39, 0.29) is 5.91 Å².